The second-order valence-corrected chi connectivity index (χ2v) is 4.30. The van der Waals surface area contributed by atoms with Gasteiger partial charge < -0.3 is 4.57 Å². The van der Waals surface area contributed by atoms with E-state index in [9.17, 15) is 9.59 Å². The van der Waals surface area contributed by atoms with Crippen LogP contribution in [-0.2, 0) is 7.05 Å². The van der Waals surface area contributed by atoms with Crippen LogP contribution in [0.15, 0.2) is 47.3 Å². The van der Waals surface area contributed by atoms with Crippen LogP contribution >= 0.6 is 0 Å². The van der Waals surface area contributed by atoms with Crippen LogP contribution in [0, 0.1) is 0 Å². The lowest BCUT2D eigenvalue weighted by atomic mass is 10.1. The maximum absolute atomic E-state index is 12.3. The van der Waals surface area contributed by atoms with Gasteiger partial charge in [-0.1, -0.05) is 18.2 Å². The van der Waals surface area contributed by atoms with Crippen LogP contribution in [0.4, 0.5) is 0 Å². The van der Waals surface area contributed by atoms with E-state index in [4.69, 9.17) is 0 Å². The van der Waals surface area contributed by atoms with Crippen molar-refractivity contribution in [1.29, 1.82) is 0 Å². The summed E-state index contributed by atoms with van der Waals surface area (Å²) in [5.74, 6) is 0. The molecular weight excluding hydrogens is 226 g/mol. The number of carbonyl (C=O) groups excluding carboxylic acids is 1. The highest BCUT2D eigenvalue weighted by Crippen LogP contribution is 2.18. The van der Waals surface area contributed by atoms with Gasteiger partial charge in [0.1, 0.15) is 6.29 Å². The molecule has 0 fully saturated rings. The van der Waals surface area contributed by atoms with Crippen molar-refractivity contribution in [1.82, 2.24) is 4.57 Å². The summed E-state index contributed by atoms with van der Waals surface area (Å²) in [7, 11) is 1.90. The molecule has 1 aromatic heterocycles. The molecular formula is C15H11NO2. The average molecular weight is 237 g/mol. The number of rotatable bonds is 1. The van der Waals surface area contributed by atoms with Crippen molar-refractivity contribution in [3.05, 3.63) is 58.3 Å². The van der Waals surface area contributed by atoms with Crippen molar-refractivity contribution < 1.29 is 4.79 Å². The fraction of sp³-hybridized carbons (Fsp3) is 0.0667. The Balaban J connectivity index is 2.62. The highest BCUT2D eigenvalue weighted by Gasteiger charge is 2.08. The van der Waals surface area contributed by atoms with E-state index < -0.39 is 0 Å². The average Bonchev–Trinajstić information content (AvgIpc) is 2.44. The third-order valence-electron chi connectivity index (χ3n) is 3.27. The van der Waals surface area contributed by atoms with E-state index in [0.717, 1.165) is 17.3 Å². The number of para-hydroxylation sites is 1. The van der Waals surface area contributed by atoms with E-state index in [1.165, 1.54) is 0 Å². The van der Waals surface area contributed by atoms with Crippen LogP contribution in [0.25, 0.3) is 21.8 Å². The monoisotopic (exact) mass is 237 g/mol. The van der Waals surface area contributed by atoms with Crippen LogP contribution < -0.4 is 5.43 Å². The molecule has 0 bridgehead atoms. The van der Waals surface area contributed by atoms with Gasteiger partial charge in [0.2, 0.25) is 0 Å². The second kappa shape index (κ2) is 3.81. The Morgan fingerprint density at radius 3 is 2.50 bits per heavy atom. The minimum Gasteiger partial charge on any atom is -0.343 e. The number of aldehydes is 1. The number of fused-ring (bicyclic) bond motifs is 2. The Hall–Kier alpha value is -2.42. The molecule has 0 amide bonds. The first-order valence-electron chi connectivity index (χ1n) is 5.69. The van der Waals surface area contributed by atoms with Crippen molar-refractivity contribution in [2.24, 2.45) is 7.05 Å². The van der Waals surface area contributed by atoms with E-state index in [0.29, 0.717) is 16.3 Å². The Morgan fingerprint density at radius 1 is 1.00 bits per heavy atom. The molecule has 18 heavy (non-hydrogen) atoms. The fourth-order valence-corrected chi connectivity index (χ4v) is 2.32. The molecule has 88 valence electrons. The van der Waals surface area contributed by atoms with Gasteiger partial charge in [-0.15, -0.1) is 0 Å². The van der Waals surface area contributed by atoms with Gasteiger partial charge in [-0.05, 0) is 24.3 Å². The van der Waals surface area contributed by atoms with Gasteiger partial charge >= 0.3 is 0 Å². The normalized spacial score (nSPS) is 10.9. The highest BCUT2D eigenvalue weighted by atomic mass is 16.1. The summed E-state index contributed by atoms with van der Waals surface area (Å²) in [5, 5.41) is 1.34. The molecule has 0 N–H and O–H groups in total. The number of hydrogen-bond acceptors (Lipinski definition) is 2. The predicted molar refractivity (Wildman–Crippen MR) is 72.1 cm³/mol. The van der Waals surface area contributed by atoms with Crippen molar-refractivity contribution in [3.8, 4) is 0 Å². The molecule has 0 unspecified atom stereocenters. The molecule has 1 heterocycles. The van der Waals surface area contributed by atoms with E-state index in [1.54, 1.807) is 18.2 Å². The molecule has 0 aliphatic rings. The van der Waals surface area contributed by atoms with Crippen LogP contribution in [0.3, 0.4) is 0 Å². The first kappa shape index (κ1) is 10.7. The van der Waals surface area contributed by atoms with Gasteiger partial charge in [-0.2, -0.15) is 0 Å². The SMILES string of the molecule is Cn1c2ccccc2c(=O)c2ccc(C=O)cc21. The zero-order chi connectivity index (χ0) is 12.7. The summed E-state index contributed by atoms with van der Waals surface area (Å²) in [6, 6.07) is 12.6. The first-order valence-corrected chi connectivity index (χ1v) is 5.69. The van der Waals surface area contributed by atoms with E-state index in [1.807, 2.05) is 35.9 Å². The minimum absolute atomic E-state index is 0.0103. The van der Waals surface area contributed by atoms with E-state index >= 15 is 0 Å². The number of aromatic nitrogens is 1. The summed E-state index contributed by atoms with van der Waals surface area (Å²) in [6.07, 6.45) is 0.791. The number of nitrogens with zero attached hydrogens (tertiary/aromatic N) is 1. The zero-order valence-electron chi connectivity index (χ0n) is 9.88. The van der Waals surface area contributed by atoms with Gasteiger partial charge in [0.25, 0.3) is 0 Å². The molecule has 0 aliphatic heterocycles. The number of carbonyl (C=O) groups is 1. The lowest BCUT2D eigenvalue weighted by Gasteiger charge is -2.10. The van der Waals surface area contributed by atoms with Crippen LogP contribution in [0.5, 0.6) is 0 Å². The van der Waals surface area contributed by atoms with Gasteiger partial charge in [-0.25, -0.2) is 0 Å². The molecule has 3 nitrogen and oxygen atoms in total. The fourth-order valence-electron chi connectivity index (χ4n) is 2.32. The molecule has 0 radical (unpaired) electrons. The smallest absolute Gasteiger partial charge is 0.197 e. The van der Waals surface area contributed by atoms with Gasteiger partial charge in [-0.3, -0.25) is 9.59 Å². The number of pyridine rings is 1. The summed E-state index contributed by atoms with van der Waals surface area (Å²) >= 11 is 0. The third kappa shape index (κ3) is 1.37. The van der Waals surface area contributed by atoms with E-state index in [2.05, 4.69) is 0 Å². The number of aryl methyl sites for hydroxylation is 1. The molecule has 3 aromatic rings. The van der Waals surface area contributed by atoms with Crippen molar-refractivity contribution >= 4 is 28.1 Å². The van der Waals surface area contributed by atoms with Gasteiger partial charge in [0.15, 0.2) is 5.43 Å². The zero-order valence-corrected chi connectivity index (χ0v) is 9.88. The number of hydrogen-bond donors (Lipinski definition) is 0. The van der Waals surface area contributed by atoms with E-state index in [-0.39, 0.29) is 5.43 Å². The molecule has 0 spiro atoms. The lowest BCUT2D eigenvalue weighted by Crippen LogP contribution is -2.09. The van der Waals surface area contributed by atoms with Crippen LogP contribution in [-0.4, -0.2) is 10.9 Å². The summed E-state index contributed by atoms with van der Waals surface area (Å²) in [5.41, 5.74) is 2.24. The molecule has 0 saturated heterocycles. The maximum Gasteiger partial charge on any atom is 0.197 e. The molecule has 0 aliphatic carbocycles. The first-order chi connectivity index (χ1) is 8.72. The van der Waals surface area contributed by atoms with Crippen molar-refractivity contribution in [3.63, 3.8) is 0 Å². The third-order valence-corrected chi connectivity index (χ3v) is 3.27. The summed E-state index contributed by atoms with van der Waals surface area (Å²) in [4.78, 5) is 23.2. The van der Waals surface area contributed by atoms with Gasteiger partial charge in [0, 0.05) is 23.4 Å². The van der Waals surface area contributed by atoms with Crippen LogP contribution in [0.2, 0.25) is 0 Å². The minimum atomic E-state index is 0.0103. The summed E-state index contributed by atoms with van der Waals surface area (Å²) in [6.45, 7) is 0. The quantitative estimate of drug-likeness (QED) is 0.482. The Kier molecular flexibility index (Phi) is 2.27. The second-order valence-electron chi connectivity index (χ2n) is 4.30. The van der Waals surface area contributed by atoms with Crippen LogP contribution in [0.1, 0.15) is 10.4 Å². The van der Waals surface area contributed by atoms with Gasteiger partial charge in [0.05, 0.1) is 11.0 Å². The lowest BCUT2D eigenvalue weighted by molar-refractivity contribution is 0.112. The highest BCUT2D eigenvalue weighted by molar-refractivity contribution is 5.95. The standard InChI is InChI=1S/C15H11NO2/c1-16-13-5-3-2-4-11(13)15(18)12-7-6-10(9-17)8-14(12)16/h2-9H,1H3. The molecule has 3 rings (SSSR count). The molecule has 3 heteroatoms. The number of benzene rings is 2. The Labute approximate surface area is 103 Å². The summed E-state index contributed by atoms with van der Waals surface area (Å²) < 4.78 is 1.94. The molecule has 2 aromatic carbocycles. The maximum atomic E-state index is 12.3. The predicted octanol–water partition coefficient (Wildman–Crippen LogP) is 2.50. The Bertz CT molecular complexity index is 831. The molecule has 0 saturated carbocycles. The van der Waals surface area contributed by atoms with Crippen molar-refractivity contribution in [2.45, 2.75) is 0 Å². The van der Waals surface area contributed by atoms with Crippen molar-refractivity contribution in [2.75, 3.05) is 0 Å². The topological polar surface area (TPSA) is 39.1 Å². The Morgan fingerprint density at radius 2 is 1.72 bits per heavy atom. The molecule has 0 atom stereocenters. The largest absolute Gasteiger partial charge is 0.343 e.